The normalized spacial score (nSPS) is 9.25. The van der Waals surface area contributed by atoms with Gasteiger partial charge < -0.3 is 11.1 Å². The Morgan fingerprint density at radius 1 is 1.75 bits per heavy atom. The molecule has 0 aliphatic carbocycles. The van der Waals surface area contributed by atoms with Crippen LogP contribution in [0.25, 0.3) is 0 Å². The molecule has 0 aliphatic heterocycles. The number of hydrogen-bond donors (Lipinski definition) is 2. The van der Waals surface area contributed by atoms with E-state index in [1.807, 2.05) is 0 Å². The largest absolute Gasteiger partial charge is 0.329 e. The van der Waals surface area contributed by atoms with E-state index in [2.05, 4.69) is 5.32 Å². The van der Waals surface area contributed by atoms with Crippen LogP contribution in [-0.2, 0) is 4.79 Å². The van der Waals surface area contributed by atoms with Crippen LogP contribution in [0.15, 0.2) is 0 Å². The summed E-state index contributed by atoms with van der Waals surface area (Å²) in [6.45, 7) is 3.30. The summed E-state index contributed by atoms with van der Waals surface area (Å²) in [6, 6.07) is 0. The minimum Gasteiger partial charge on any atom is -0.329 e. The number of Topliss-reactive ketones (excluding diaryl/α,β-unsaturated/α-hetero) is 1. The summed E-state index contributed by atoms with van der Waals surface area (Å²) in [4.78, 5) is 10.2. The average Bonchev–Trinajstić information content (AvgIpc) is 1.66. The molecule has 8 heavy (non-hydrogen) atoms. The molecule has 0 rings (SSSR count). The van der Waals surface area contributed by atoms with Crippen molar-refractivity contribution in [1.82, 2.24) is 5.32 Å². The summed E-state index contributed by atoms with van der Waals surface area (Å²) in [5.74, 6) is 0.151. The van der Waals surface area contributed by atoms with Crippen LogP contribution in [0.5, 0.6) is 0 Å². The minimum atomic E-state index is 0.151. The maximum atomic E-state index is 10.2. The second-order valence-corrected chi connectivity index (χ2v) is 1.67. The summed E-state index contributed by atoms with van der Waals surface area (Å²) in [5, 5.41) is 2.86. The Bertz CT molecular complexity index is 72.8. The summed E-state index contributed by atoms with van der Waals surface area (Å²) in [7, 11) is 0. The molecule has 0 saturated heterocycles. The molecule has 0 radical (unpaired) electrons. The molecule has 0 spiro atoms. The van der Waals surface area contributed by atoms with Gasteiger partial charge in [0.2, 0.25) is 0 Å². The van der Waals surface area contributed by atoms with Crippen LogP contribution in [0.3, 0.4) is 0 Å². The zero-order chi connectivity index (χ0) is 6.41. The van der Waals surface area contributed by atoms with E-state index in [9.17, 15) is 4.79 Å². The smallest absolute Gasteiger partial charge is 0.143 e. The highest BCUT2D eigenvalue weighted by atomic mass is 16.1. The summed E-state index contributed by atoms with van der Waals surface area (Å²) < 4.78 is 0. The molecule has 0 aromatic carbocycles. The van der Waals surface area contributed by atoms with Crippen LogP contribution in [0.2, 0.25) is 0 Å². The fraction of sp³-hybridized carbons (Fsp3) is 0.800. The molecule has 0 aliphatic rings. The molecule has 0 atom stereocenters. The Balaban J connectivity index is 2.82. The first kappa shape index (κ1) is 7.59. The Hall–Kier alpha value is -0.410. The number of rotatable bonds is 4. The van der Waals surface area contributed by atoms with Crippen LogP contribution in [0.1, 0.15) is 6.92 Å². The van der Waals surface area contributed by atoms with E-state index in [1.54, 1.807) is 6.92 Å². The van der Waals surface area contributed by atoms with Crippen LogP contribution in [0, 0.1) is 0 Å². The minimum absolute atomic E-state index is 0.151. The van der Waals surface area contributed by atoms with Gasteiger partial charge >= 0.3 is 0 Å². The van der Waals surface area contributed by atoms with Gasteiger partial charge in [-0.3, -0.25) is 4.79 Å². The summed E-state index contributed by atoms with van der Waals surface area (Å²) >= 11 is 0. The van der Waals surface area contributed by atoms with Crippen molar-refractivity contribution in [2.75, 3.05) is 19.6 Å². The standard InChI is InChI=1S/C5H12N2O/c1-5(8)4-7-3-2-6/h7H,2-4,6H2,1H3. The fourth-order valence-corrected chi connectivity index (χ4v) is 0.366. The van der Waals surface area contributed by atoms with Gasteiger partial charge in [-0.05, 0) is 6.92 Å². The highest BCUT2D eigenvalue weighted by Gasteiger charge is 1.87. The molecule has 0 amide bonds. The van der Waals surface area contributed by atoms with E-state index < -0.39 is 0 Å². The number of ketones is 1. The second-order valence-electron chi connectivity index (χ2n) is 1.67. The van der Waals surface area contributed by atoms with Crippen molar-refractivity contribution in [3.8, 4) is 0 Å². The number of carbonyl (C=O) groups excluding carboxylic acids is 1. The molecule has 0 aromatic rings. The Kier molecular flexibility index (Phi) is 4.50. The molecular weight excluding hydrogens is 104 g/mol. The Labute approximate surface area is 49.3 Å². The number of hydrogen-bond acceptors (Lipinski definition) is 3. The lowest BCUT2D eigenvalue weighted by Crippen LogP contribution is -2.26. The SMILES string of the molecule is CC(=O)CNCCN. The topological polar surface area (TPSA) is 55.1 Å². The van der Waals surface area contributed by atoms with E-state index in [0.717, 1.165) is 6.54 Å². The first-order valence-electron chi connectivity index (χ1n) is 2.67. The van der Waals surface area contributed by atoms with Crippen molar-refractivity contribution in [3.05, 3.63) is 0 Å². The van der Waals surface area contributed by atoms with Crippen LogP contribution < -0.4 is 11.1 Å². The maximum absolute atomic E-state index is 10.2. The van der Waals surface area contributed by atoms with Gasteiger partial charge in [-0.15, -0.1) is 0 Å². The predicted octanol–water partition coefficient (Wildman–Crippen LogP) is -0.876. The van der Waals surface area contributed by atoms with Crippen molar-refractivity contribution in [2.45, 2.75) is 6.92 Å². The van der Waals surface area contributed by atoms with Crippen molar-refractivity contribution in [1.29, 1.82) is 0 Å². The monoisotopic (exact) mass is 116 g/mol. The maximum Gasteiger partial charge on any atom is 0.143 e. The van der Waals surface area contributed by atoms with Crippen molar-refractivity contribution in [3.63, 3.8) is 0 Å². The lowest BCUT2D eigenvalue weighted by atomic mass is 10.4. The first-order chi connectivity index (χ1) is 3.77. The van der Waals surface area contributed by atoms with Crippen LogP contribution in [0.4, 0.5) is 0 Å². The molecule has 0 saturated carbocycles. The third kappa shape index (κ3) is 5.59. The number of carbonyl (C=O) groups is 1. The van der Waals surface area contributed by atoms with E-state index in [0.29, 0.717) is 13.1 Å². The van der Waals surface area contributed by atoms with Crippen molar-refractivity contribution < 1.29 is 4.79 Å². The van der Waals surface area contributed by atoms with E-state index in [4.69, 9.17) is 5.73 Å². The van der Waals surface area contributed by atoms with E-state index >= 15 is 0 Å². The molecule has 0 bridgehead atoms. The first-order valence-corrected chi connectivity index (χ1v) is 2.67. The van der Waals surface area contributed by atoms with Crippen LogP contribution in [-0.4, -0.2) is 25.4 Å². The molecule has 3 N–H and O–H groups in total. The molecule has 48 valence electrons. The molecule has 3 nitrogen and oxygen atoms in total. The lowest BCUT2D eigenvalue weighted by molar-refractivity contribution is -0.116. The van der Waals surface area contributed by atoms with Gasteiger partial charge in [0.1, 0.15) is 5.78 Å². The van der Waals surface area contributed by atoms with Crippen molar-refractivity contribution >= 4 is 5.78 Å². The summed E-state index contributed by atoms with van der Waals surface area (Å²) in [5.41, 5.74) is 5.14. The van der Waals surface area contributed by atoms with Gasteiger partial charge in [0, 0.05) is 13.1 Å². The molecule has 0 fully saturated rings. The molecule has 3 heteroatoms. The van der Waals surface area contributed by atoms with Gasteiger partial charge in [0.05, 0.1) is 6.54 Å². The third-order valence-corrected chi connectivity index (χ3v) is 0.695. The van der Waals surface area contributed by atoms with Gasteiger partial charge in [-0.2, -0.15) is 0 Å². The zero-order valence-electron chi connectivity index (χ0n) is 5.11. The predicted molar refractivity (Wildman–Crippen MR) is 32.6 cm³/mol. The highest BCUT2D eigenvalue weighted by molar-refractivity contribution is 5.77. The number of nitrogens with two attached hydrogens (primary N) is 1. The number of nitrogens with one attached hydrogen (secondary N) is 1. The van der Waals surface area contributed by atoms with Crippen LogP contribution >= 0.6 is 0 Å². The fourth-order valence-electron chi connectivity index (χ4n) is 0.366. The lowest BCUT2D eigenvalue weighted by Gasteiger charge is -1.95. The van der Waals surface area contributed by atoms with Gasteiger partial charge in [0.25, 0.3) is 0 Å². The molecule has 0 unspecified atom stereocenters. The van der Waals surface area contributed by atoms with Gasteiger partial charge in [-0.25, -0.2) is 0 Å². The van der Waals surface area contributed by atoms with E-state index in [1.165, 1.54) is 0 Å². The van der Waals surface area contributed by atoms with E-state index in [-0.39, 0.29) is 5.78 Å². The Morgan fingerprint density at radius 3 is 2.75 bits per heavy atom. The quantitative estimate of drug-likeness (QED) is 0.469. The Morgan fingerprint density at radius 2 is 2.38 bits per heavy atom. The average molecular weight is 116 g/mol. The van der Waals surface area contributed by atoms with Crippen molar-refractivity contribution in [2.24, 2.45) is 5.73 Å². The zero-order valence-corrected chi connectivity index (χ0v) is 5.11. The highest BCUT2D eigenvalue weighted by Crippen LogP contribution is 1.61. The molecular formula is C5H12N2O. The van der Waals surface area contributed by atoms with Gasteiger partial charge in [0.15, 0.2) is 0 Å². The molecule has 0 heterocycles. The van der Waals surface area contributed by atoms with Gasteiger partial charge in [-0.1, -0.05) is 0 Å². The third-order valence-electron chi connectivity index (χ3n) is 0.695. The summed E-state index contributed by atoms with van der Waals surface area (Å²) in [6.07, 6.45) is 0. The molecule has 0 aromatic heterocycles. The second kappa shape index (κ2) is 4.74.